The Morgan fingerprint density at radius 2 is 2.00 bits per heavy atom. The lowest BCUT2D eigenvalue weighted by atomic mass is 10.1. The molecule has 0 aliphatic heterocycles. The molecule has 1 aromatic heterocycles. The summed E-state index contributed by atoms with van der Waals surface area (Å²) >= 11 is 1.17. The quantitative estimate of drug-likeness (QED) is 0.753. The van der Waals surface area contributed by atoms with Gasteiger partial charge in [0, 0.05) is 10.9 Å². The Hall–Kier alpha value is -2.60. The highest BCUT2D eigenvalue weighted by atomic mass is 32.1. The van der Waals surface area contributed by atoms with Gasteiger partial charge in [-0.25, -0.2) is 13.8 Å². The van der Waals surface area contributed by atoms with Crippen LogP contribution in [0.2, 0.25) is 0 Å². The summed E-state index contributed by atoms with van der Waals surface area (Å²) in [6, 6.07) is 10.8. The topological polar surface area (TPSA) is 42.0 Å². The number of amides is 1. The molecule has 0 aliphatic carbocycles. The number of hydrogen-bond acceptors (Lipinski definition) is 3. The maximum Gasteiger partial charge on any atom is 0.230 e. The normalized spacial score (nSPS) is 10.6. The molecule has 3 aromatic rings. The third-order valence-electron chi connectivity index (χ3n) is 3.57. The van der Waals surface area contributed by atoms with E-state index in [0.717, 1.165) is 29.3 Å². The average Bonchev–Trinajstić information content (AvgIpc) is 3.00. The van der Waals surface area contributed by atoms with Gasteiger partial charge < -0.3 is 5.32 Å². The van der Waals surface area contributed by atoms with Gasteiger partial charge in [-0.3, -0.25) is 4.79 Å². The van der Waals surface area contributed by atoms with Crippen molar-refractivity contribution in [2.75, 3.05) is 5.32 Å². The van der Waals surface area contributed by atoms with Crippen molar-refractivity contribution in [3.63, 3.8) is 0 Å². The second-order valence-electron chi connectivity index (χ2n) is 5.31. The van der Waals surface area contributed by atoms with Crippen LogP contribution in [0.15, 0.2) is 47.8 Å². The van der Waals surface area contributed by atoms with Gasteiger partial charge in [0.25, 0.3) is 0 Å². The maximum atomic E-state index is 13.8. The first kappa shape index (κ1) is 16.3. The molecule has 1 amide bonds. The number of benzene rings is 2. The number of aromatic nitrogens is 1. The molecule has 0 atom stereocenters. The Morgan fingerprint density at radius 3 is 2.79 bits per heavy atom. The van der Waals surface area contributed by atoms with E-state index >= 15 is 0 Å². The Balaban J connectivity index is 1.73. The van der Waals surface area contributed by atoms with E-state index in [0.29, 0.717) is 10.8 Å². The molecule has 0 unspecified atom stereocenters. The molecule has 3 rings (SSSR count). The zero-order chi connectivity index (χ0) is 17.1. The van der Waals surface area contributed by atoms with Gasteiger partial charge in [0.15, 0.2) is 5.13 Å². The minimum Gasteiger partial charge on any atom is -0.302 e. The second-order valence-corrected chi connectivity index (χ2v) is 6.17. The monoisotopic (exact) mass is 344 g/mol. The van der Waals surface area contributed by atoms with Gasteiger partial charge in [-0.05, 0) is 36.2 Å². The lowest BCUT2D eigenvalue weighted by molar-refractivity contribution is -0.115. The molecule has 3 nitrogen and oxygen atoms in total. The molecule has 0 fully saturated rings. The van der Waals surface area contributed by atoms with Gasteiger partial charge in [-0.15, -0.1) is 11.3 Å². The first-order valence-corrected chi connectivity index (χ1v) is 8.16. The van der Waals surface area contributed by atoms with E-state index in [-0.39, 0.29) is 17.9 Å². The fraction of sp³-hybridized carbons (Fsp3) is 0.111. The van der Waals surface area contributed by atoms with Gasteiger partial charge >= 0.3 is 0 Å². The second kappa shape index (κ2) is 6.88. The highest BCUT2D eigenvalue weighted by Gasteiger charge is 2.13. The van der Waals surface area contributed by atoms with Crippen LogP contribution in [0.1, 0.15) is 11.1 Å². The predicted molar refractivity (Wildman–Crippen MR) is 91.0 cm³/mol. The summed E-state index contributed by atoms with van der Waals surface area (Å²) in [5.74, 6) is -1.30. The van der Waals surface area contributed by atoms with Gasteiger partial charge in [0.1, 0.15) is 11.6 Å². The molecule has 0 aliphatic rings. The molecular weight excluding hydrogens is 330 g/mol. The van der Waals surface area contributed by atoms with E-state index in [9.17, 15) is 13.6 Å². The molecule has 0 saturated carbocycles. The summed E-state index contributed by atoms with van der Waals surface area (Å²) in [5.41, 5.74) is 2.34. The summed E-state index contributed by atoms with van der Waals surface area (Å²) in [6.45, 7) is 1.94. The summed E-state index contributed by atoms with van der Waals surface area (Å²) in [5, 5.41) is 4.63. The van der Waals surface area contributed by atoms with Gasteiger partial charge in [0.05, 0.1) is 12.1 Å². The first-order chi connectivity index (χ1) is 11.5. The number of hydrogen-bond donors (Lipinski definition) is 1. The minimum absolute atomic E-state index is 0.0747. The third kappa shape index (κ3) is 3.65. The van der Waals surface area contributed by atoms with Crippen molar-refractivity contribution in [3.05, 3.63) is 70.6 Å². The standard InChI is InChI=1S/C18H14F2N2OS/c1-11-4-2-3-5-12(11)8-17(23)22-18-21-16(10-24-18)14-9-13(19)6-7-15(14)20/h2-7,9-10H,8H2,1H3,(H,21,22,23). The van der Waals surface area contributed by atoms with Gasteiger partial charge in [-0.1, -0.05) is 24.3 Å². The number of anilines is 1. The van der Waals surface area contributed by atoms with E-state index < -0.39 is 11.6 Å². The van der Waals surface area contributed by atoms with Crippen LogP contribution < -0.4 is 5.32 Å². The lowest BCUT2D eigenvalue weighted by Crippen LogP contribution is -2.14. The first-order valence-electron chi connectivity index (χ1n) is 7.28. The van der Waals surface area contributed by atoms with Crippen molar-refractivity contribution in [3.8, 4) is 11.3 Å². The van der Waals surface area contributed by atoms with Gasteiger partial charge in [-0.2, -0.15) is 0 Å². The van der Waals surface area contributed by atoms with E-state index in [1.54, 1.807) is 5.38 Å². The van der Waals surface area contributed by atoms with Crippen molar-refractivity contribution in [1.82, 2.24) is 4.98 Å². The molecular formula is C18H14F2N2OS. The molecule has 1 heterocycles. The number of thiazole rings is 1. The fourth-order valence-corrected chi connectivity index (χ4v) is 3.02. The summed E-state index contributed by atoms with van der Waals surface area (Å²) in [4.78, 5) is 16.3. The maximum absolute atomic E-state index is 13.8. The number of carbonyl (C=O) groups is 1. The lowest BCUT2D eigenvalue weighted by Gasteiger charge is -2.05. The van der Waals surface area contributed by atoms with Crippen LogP contribution in [0.25, 0.3) is 11.3 Å². The Morgan fingerprint density at radius 1 is 1.21 bits per heavy atom. The van der Waals surface area contributed by atoms with Gasteiger partial charge in [0.2, 0.25) is 5.91 Å². The van der Waals surface area contributed by atoms with E-state index in [2.05, 4.69) is 10.3 Å². The molecule has 0 saturated heterocycles. The largest absolute Gasteiger partial charge is 0.302 e. The SMILES string of the molecule is Cc1ccccc1CC(=O)Nc1nc(-c2cc(F)ccc2F)cs1. The van der Waals surface area contributed by atoms with Crippen LogP contribution >= 0.6 is 11.3 Å². The molecule has 24 heavy (non-hydrogen) atoms. The van der Waals surface area contributed by atoms with Crippen molar-refractivity contribution >= 4 is 22.4 Å². The summed E-state index contributed by atoms with van der Waals surface area (Å²) in [7, 11) is 0. The Labute approximate surface area is 142 Å². The molecule has 122 valence electrons. The predicted octanol–water partition coefficient (Wildman–Crippen LogP) is 4.58. The smallest absolute Gasteiger partial charge is 0.230 e. The number of nitrogens with one attached hydrogen (secondary N) is 1. The number of halogens is 2. The number of carbonyl (C=O) groups excluding carboxylic acids is 1. The molecule has 0 spiro atoms. The molecule has 1 N–H and O–H groups in total. The third-order valence-corrected chi connectivity index (χ3v) is 4.32. The van der Waals surface area contributed by atoms with Crippen LogP contribution in [0.4, 0.5) is 13.9 Å². The Bertz CT molecular complexity index is 892. The highest BCUT2D eigenvalue weighted by molar-refractivity contribution is 7.14. The molecule has 2 aromatic carbocycles. The van der Waals surface area contributed by atoms with E-state index in [1.807, 2.05) is 31.2 Å². The summed E-state index contributed by atoms with van der Waals surface area (Å²) in [6.07, 6.45) is 0.232. The fourth-order valence-electron chi connectivity index (χ4n) is 2.29. The minimum atomic E-state index is -0.556. The zero-order valence-corrected chi connectivity index (χ0v) is 13.7. The number of rotatable bonds is 4. The number of aryl methyl sites for hydroxylation is 1. The molecule has 0 bridgehead atoms. The van der Waals surface area contributed by atoms with Crippen LogP contribution in [-0.2, 0) is 11.2 Å². The van der Waals surface area contributed by atoms with Crippen LogP contribution in [0.3, 0.4) is 0 Å². The Kier molecular flexibility index (Phi) is 4.66. The zero-order valence-electron chi connectivity index (χ0n) is 12.8. The average molecular weight is 344 g/mol. The van der Waals surface area contributed by atoms with Crippen LogP contribution in [0, 0.1) is 18.6 Å². The highest BCUT2D eigenvalue weighted by Crippen LogP contribution is 2.27. The van der Waals surface area contributed by atoms with Crippen LogP contribution in [0.5, 0.6) is 0 Å². The van der Waals surface area contributed by atoms with Crippen molar-refractivity contribution < 1.29 is 13.6 Å². The summed E-state index contributed by atoms with van der Waals surface area (Å²) < 4.78 is 27.0. The van der Waals surface area contributed by atoms with Crippen molar-refractivity contribution in [2.45, 2.75) is 13.3 Å². The van der Waals surface area contributed by atoms with Crippen LogP contribution in [-0.4, -0.2) is 10.9 Å². The van der Waals surface area contributed by atoms with E-state index in [1.165, 1.54) is 11.3 Å². The van der Waals surface area contributed by atoms with Crippen molar-refractivity contribution in [1.29, 1.82) is 0 Å². The molecule has 0 radical (unpaired) electrons. The molecule has 6 heteroatoms. The van der Waals surface area contributed by atoms with E-state index in [4.69, 9.17) is 0 Å². The van der Waals surface area contributed by atoms with Crippen molar-refractivity contribution in [2.24, 2.45) is 0 Å². The number of nitrogens with zero attached hydrogens (tertiary/aromatic N) is 1.